The third-order valence-corrected chi connectivity index (χ3v) is 2.84. The number of carbonyl (C=O) groups excluding carboxylic acids is 2. The maximum atomic E-state index is 12.1. The number of allylic oxidation sites excluding steroid dienone is 2. The number of aromatic hydroxyl groups is 1. The Balaban J connectivity index is 2.72. The summed E-state index contributed by atoms with van der Waals surface area (Å²) >= 11 is 0. The van der Waals surface area contributed by atoms with E-state index in [0.29, 0.717) is 5.57 Å². The van der Waals surface area contributed by atoms with E-state index < -0.39 is 18.2 Å². The van der Waals surface area contributed by atoms with Crippen molar-refractivity contribution in [1.29, 1.82) is 0 Å². The van der Waals surface area contributed by atoms with E-state index in [9.17, 15) is 14.7 Å². The van der Waals surface area contributed by atoms with Crippen LogP contribution in [-0.4, -0.2) is 23.3 Å². The largest absolute Gasteiger partial charge is 0.508 e. The van der Waals surface area contributed by atoms with Crippen LogP contribution in [0.2, 0.25) is 0 Å². The Kier molecular flexibility index (Phi) is 6.57. The molecule has 1 unspecified atom stereocenters. The quantitative estimate of drug-likeness (QED) is 0.387. The summed E-state index contributed by atoms with van der Waals surface area (Å²) in [6, 6.07) is 5.61. The second kappa shape index (κ2) is 8.17. The van der Waals surface area contributed by atoms with Gasteiger partial charge in [0.25, 0.3) is 0 Å². The average molecular weight is 318 g/mol. The molecule has 0 spiro atoms. The zero-order valence-corrected chi connectivity index (χ0v) is 14.0. The molecule has 0 aliphatic rings. The van der Waals surface area contributed by atoms with Crippen LogP contribution in [0.4, 0.5) is 0 Å². The van der Waals surface area contributed by atoms with Crippen LogP contribution in [0.5, 0.6) is 5.75 Å². The van der Waals surface area contributed by atoms with Crippen molar-refractivity contribution >= 4 is 11.9 Å². The van der Waals surface area contributed by atoms with Crippen LogP contribution >= 0.6 is 0 Å². The van der Waals surface area contributed by atoms with Gasteiger partial charge in [-0.3, -0.25) is 0 Å². The van der Waals surface area contributed by atoms with Crippen molar-refractivity contribution in [3.63, 3.8) is 0 Å². The number of carbonyl (C=O) groups is 2. The molecule has 0 aliphatic heterocycles. The molecule has 124 valence electrons. The summed E-state index contributed by atoms with van der Waals surface area (Å²) < 4.78 is 10.2. The van der Waals surface area contributed by atoms with Crippen molar-refractivity contribution in [3.05, 3.63) is 52.6 Å². The third kappa shape index (κ3) is 5.98. The van der Waals surface area contributed by atoms with Crippen molar-refractivity contribution in [2.75, 3.05) is 0 Å². The fraction of sp³-hybridized carbons (Fsp3) is 0.333. The summed E-state index contributed by atoms with van der Waals surface area (Å²) in [5.74, 6) is -1.13. The molecule has 5 nitrogen and oxygen atoms in total. The lowest BCUT2D eigenvalue weighted by Gasteiger charge is -2.15. The van der Waals surface area contributed by atoms with Gasteiger partial charge in [0.2, 0.25) is 6.29 Å². The molecule has 1 aromatic carbocycles. The van der Waals surface area contributed by atoms with E-state index >= 15 is 0 Å². The van der Waals surface area contributed by atoms with Gasteiger partial charge in [0.05, 0.1) is 11.1 Å². The first-order valence-corrected chi connectivity index (χ1v) is 7.24. The van der Waals surface area contributed by atoms with E-state index in [1.165, 1.54) is 31.2 Å². The summed E-state index contributed by atoms with van der Waals surface area (Å²) in [4.78, 5) is 24.1. The molecular weight excluding hydrogens is 296 g/mol. The van der Waals surface area contributed by atoms with Gasteiger partial charge in [-0.2, -0.15) is 0 Å². The number of phenolic OH excluding ortho intramolecular Hbond substituents is 1. The molecule has 1 atom stereocenters. The molecule has 0 heterocycles. The minimum absolute atomic E-state index is 0.0518. The van der Waals surface area contributed by atoms with Crippen molar-refractivity contribution in [2.24, 2.45) is 0 Å². The Hall–Kier alpha value is -2.56. The van der Waals surface area contributed by atoms with Crippen LogP contribution in [0.25, 0.3) is 0 Å². The summed E-state index contributed by atoms with van der Waals surface area (Å²) in [5, 5.41) is 9.19. The highest BCUT2D eigenvalue weighted by Gasteiger charge is 2.18. The normalized spacial score (nSPS) is 11.2. The Bertz CT molecular complexity index is 630. The van der Waals surface area contributed by atoms with Crippen LogP contribution in [0.3, 0.4) is 0 Å². The van der Waals surface area contributed by atoms with Crippen molar-refractivity contribution < 1.29 is 24.2 Å². The third-order valence-electron chi connectivity index (χ3n) is 2.84. The molecule has 5 heteroatoms. The van der Waals surface area contributed by atoms with Crippen LogP contribution in [-0.2, 0) is 14.3 Å². The second-order valence-corrected chi connectivity index (χ2v) is 5.56. The summed E-state index contributed by atoms with van der Waals surface area (Å²) in [5.41, 5.74) is 2.48. The van der Waals surface area contributed by atoms with Gasteiger partial charge in [-0.25, -0.2) is 9.59 Å². The number of hydrogen-bond acceptors (Lipinski definition) is 5. The zero-order chi connectivity index (χ0) is 17.6. The molecule has 0 aliphatic carbocycles. The molecule has 0 fully saturated rings. The highest BCUT2D eigenvalue weighted by molar-refractivity contribution is 5.93. The molecule has 0 aromatic heterocycles. The fourth-order valence-corrected chi connectivity index (χ4v) is 1.75. The number of ether oxygens (including phenoxy) is 2. The molecule has 0 saturated heterocycles. The van der Waals surface area contributed by atoms with Gasteiger partial charge < -0.3 is 14.6 Å². The lowest BCUT2D eigenvalue weighted by molar-refractivity contribution is -0.160. The van der Waals surface area contributed by atoms with Gasteiger partial charge >= 0.3 is 11.9 Å². The van der Waals surface area contributed by atoms with E-state index in [-0.39, 0.29) is 11.3 Å². The van der Waals surface area contributed by atoms with Crippen LogP contribution in [0, 0.1) is 0 Å². The highest BCUT2D eigenvalue weighted by Crippen LogP contribution is 2.14. The van der Waals surface area contributed by atoms with Gasteiger partial charge in [-0.1, -0.05) is 11.1 Å². The van der Waals surface area contributed by atoms with Crippen molar-refractivity contribution in [2.45, 2.75) is 40.9 Å². The molecule has 0 saturated carbocycles. The smallest absolute Gasteiger partial charge is 0.341 e. The number of benzene rings is 1. The van der Waals surface area contributed by atoms with Gasteiger partial charge in [0.15, 0.2) is 0 Å². The van der Waals surface area contributed by atoms with Crippen LogP contribution < -0.4 is 0 Å². The monoisotopic (exact) mass is 318 g/mol. The summed E-state index contributed by atoms with van der Waals surface area (Å²) in [7, 11) is 0. The Morgan fingerprint density at radius 2 is 1.61 bits per heavy atom. The van der Waals surface area contributed by atoms with E-state index in [1.54, 1.807) is 6.08 Å². The van der Waals surface area contributed by atoms with Crippen molar-refractivity contribution in [3.8, 4) is 5.75 Å². The first kappa shape index (κ1) is 18.5. The minimum Gasteiger partial charge on any atom is -0.508 e. The zero-order valence-electron chi connectivity index (χ0n) is 14.0. The topological polar surface area (TPSA) is 72.8 Å². The first-order chi connectivity index (χ1) is 10.7. The first-order valence-electron chi connectivity index (χ1n) is 7.24. The Morgan fingerprint density at radius 1 is 1.04 bits per heavy atom. The molecule has 1 aromatic rings. The second-order valence-electron chi connectivity index (χ2n) is 5.56. The SMILES string of the molecule is CC(C)=CC(C(=O)OC(C)OC(=O)c1ccc(O)cc1)=C(C)C. The molecular formula is C18H22O5. The van der Waals surface area contributed by atoms with E-state index in [4.69, 9.17) is 9.47 Å². The number of rotatable bonds is 5. The predicted octanol–water partition coefficient (Wildman–Crippen LogP) is 3.74. The van der Waals surface area contributed by atoms with Gasteiger partial charge in [-0.15, -0.1) is 0 Å². The number of phenols is 1. The minimum atomic E-state index is -1.02. The molecule has 0 amide bonds. The molecule has 0 bridgehead atoms. The van der Waals surface area contributed by atoms with Crippen LogP contribution in [0.1, 0.15) is 45.0 Å². The van der Waals surface area contributed by atoms with E-state index in [2.05, 4.69) is 0 Å². The molecule has 23 heavy (non-hydrogen) atoms. The Labute approximate surface area is 136 Å². The highest BCUT2D eigenvalue weighted by atomic mass is 16.7. The maximum absolute atomic E-state index is 12.1. The maximum Gasteiger partial charge on any atom is 0.341 e. The van der Waals surface area contributed by atoms with Gasteiger partial charge in [-0.05, 0) is 58.0 Å². The van der Waals surface area contributed by atoms with E-state index in [1.807, 2.05) is 27.7 Å². The van der Waals surface area contributed by atoms with Crippen molar-refractivity contribution in [1.82, 2.24) is 0 Å². The van der Waals surface area contributed by atoms with Crippen LogP contribution in [0.15, 0.2) is 47.1 Å². The molecule has 0 radical (unpaired) electrons. The number of hydrogen-bond donors (Lipinski definition) is 1. The van der Waals surface area contributed by atoms with E-state index in [0.717, 1.165) is 11.1 Å². The number of esters is 2. The standard InChI is InChI=1S/C18H22O5/c1-11(2)10-16(12(3)4)18(21)23-13(5)22-17(20)14-6-8-15(19)9-7-14/h6-10,13,19H,1-5H3. The lowest BCUT2D eigenvalue weighted by Crippen LogP contribution is -2.22. The van der Waals surface area contributed by atoms with Gasteiger partial charge in [0.1, 0.15) is 5.75 Å². The van der Waals surface area contributed by atoms with Gasteiger partial charge in [0, 0.05) is 6.92 Å². The predicted molar refractivity (Wildman–Crippen MR) is 86.9 cm³/mol. The average Bonchev–Trinajstić information content (AvgIpc) is 2.44. The summed E-state index contributed by atoms with van der Waals surface area (Å²) in [6.45, 7) is 8.85. The Morgan fingerprint density at radius 3 is 2.09 bits per heavy atom. The summed E-state index contributed by atoms with van der Waals surface area (Å²) in [6.07, 6.45) is 0.704. The fourth-order valence-electron chi connectivity index (χ4n) is 1.75. The molecule has 1 rings (SSSR count). The molecule has 1 N–H and O–H groups in total. The lowest BCUT2D eigenvalue weighted by atomic mass is 10.1.